The summed E-state index contributed by atoms with van der Waals surface area (Å²) in [5.41, 5.74) is 4.84. The lowest BCUT2D eigenvalue weighted by Crippen LogP contribution is -2.09. The molecule has 20 heavy (non-hydrogen) atoms. The molecule has 0 saturated carbocycles. The van der Waals surface area contributed by atoms with Gasteiger partial charge in [-0.05, 0) is 49.9 Å². The Balaban J connectivity index is 2.02. The third-order valence-corrected chi connectivity index (χ3v) is 3.83. The summed E-state index contributed by atoms with van der Waals surface area (Å²) in [6.07, 6.45) is 4.35. The molecule has 1 aromatic heterocycles. The second-order valence-corrected chi connectivity index (χ2v) is 5.43. The highest BCUT2D eigenvalue weighted by atomic mass is 15.3. The van der Waals surface area contributed by atoms with Gasteiger partial charge in [-0.3, -0.25) is 4.68 Å². The standard InChI is InChI=1S/C17H25N3/c1-5-16(6-2)20-10-9-15(19-20)12-18-17-11-13(3)7-8-14(17)4/h7-11,16,18H,5-6,12H2,1-4H3. The van der Waals surface area contributed by atoms with Crippen LogP contribution in [-0.2, 0) is 6.54 Å². The number of hydrogen-bond donors (Lipinski definition) is 1. The monoisotopic (exact) mass is 271 g/mol. The Hall–Kier alpha value is -1.77. The topological polar surface area (TPSA) is 29.9 Å². The first kappa shape index (κ1) is 14.6. The van der Waals surface area contributed by atoms with Gasteiger partial charge < -0.3 is 5.32 Å². The van der Waals surface area contributed by atoms with Crippen molar-refractivity contribution in [1.29, 1.82) is 0 Å². The van der Waals surface area contributed by atoms with Crippen LogP contribution in [0.1, 0.15) is 49.6 Å². The molecular formula is C17H25N3. The molecule has 0 spiro atoms. The Kier molecular flexibility index (Phi) is 4.83. The molecule has 0 atom stereocenters. The highest BCUT2D eigenvalue weighted by Gasteiger charge is 2.08. The third-order valence-electron chi connectivity index (χ3n) is 3.83. The second kappa shape index (κ2) is 6.60. The first-order chi connectivity index (χ1) is 9.63. The van der Waals surface area contributed by atoms with Crippen LogP contribution in [0.4, 0.5) is 5.69 Å². The van der Waals surface area contributed by atoms with E-state index in [2.05, 4.69) is 73.3 Å². The molecule has 0 aliphatic carbocycles. The normalized spacial score (nSPS) is 11.1. The number of anilines is 1. The molecule has 2 rings (SSSR count). The van der Waals surface area contributed by atoms with Crippen molar-refractivity contribution >= 4 is 5.69 Å². The Morgan fingerprint density at radius 1 is 1.15 bits per heavy atom. The predicted octanol–water partition coefficient (Wildman–Crippen LogP) is 4.47. The van der Waals surface area contributed by atoms with Crippen molar-refractivity contribution in [1.82, 2.24) is 9.78 Å². The number of aromatic nitrogens is 2. The van der Waals surface area contributed by atoms with Crippen LogP contribution in [0.15, 0.2) is 30.5 Å². The van der Waals surface area contributed by atoms with E-state index >= 15 is 0 Å². The van der Waals surface area contributed by atoms with Crippen LogP contribution < -0.4 is 5.32 Å². The summed E-state index contributed by atoms with van der Waals surface area (Å²) >= 11 is 0. The first-order valence-corrected chi connectivity index (χ1v) is 7.49. The van der Waals surface area contributed by atoms with Gasteiger partial charge in [0.05, 0.1) is 18.3 Å². The fourth-order valence-electron chi connectivity index (χ4n) is 2.45. The zero-order valence-corrected chi connectivity index (χ0v) is 13.0. The summed E-state index contributed by atoms with van der Waals surface area (Å²) in [6.45, 7) is 9.45. The average Bonchev–Trinajstić information content (AvgIpc) is 2.90. The number of nitrogens with zero attached hydrogens (tertiary/aromatic N) is 2. The molecule has 0 fully saturated rings. The van der Waals surface area contributed by atoms with Gasteiger partial charge in [-0.15, -0.1) is 0 Å². The van der Waals surface area contributed by atoms with Crippen LogP contribution in [0.5, 0.6) is 0 Å². The van der Waals surface area contributed by atoms with Gasteiger partial charge in [-0.1, -0.05) is 26.0 Å². The molecule has 0 unspecified atom stereocenters. The van der Waals surface area contributed by atoms with Crippen LogP contribution >= 0.6 is 0 Å². The summed E-state index contributed by atoms with van der Waals surface area (Å²) in [5, 5.41) is 8.16. The van der Waals surface area contributed by atoms with Crippen LogP contribution in [0.3, 0.4) is 0 Å². The van der Waals surface area contributed by atoms with Gasteiger partial charge in [0, 0.05) is 11.9 Å². The van der Waals surface area contributed by atoms with Gasteiger partial charge in [0.15, 0.2) is 0 Å². The maximum atomic E-state index is 4.67. The minimum atomic E-state index is 0.518. The van der Waals surface area contributed by atoms with Crippen LogP contribution in [0, 0.1) is 13.8 Å². The van der Waals surface area contributed by atoms with Crippen LogP contribution in [0.25, 0.3) is 0 Å². The average molecular weight is 271 g/mol. The summed E-state index contributed by atoms with van der Waals surface area (Å²) in [7, 11) is 0. The Labute approximate surface area is 122 Å². The van der Waals surface area contributed by atoms with Crippen molar-refractivity contribution in [2.24, 2.45) is 0 Å². The summed E-state index contributed by atoms with van der Waals surface area (Å²) in [6, 6.07) is 9.11. The number of hydrogen-bond acceptors (Lipinski definition) is 2. The van der Waals surface area contributed by atoms with Gasteiger partial charge in [0.1, 0.15) is 0 Å². The lowest BCUT2D eigenvalue weighted by Gasteiger charge is -2.13. The van der Waals surface area contributed by atoms with E-state index in [1.54, 1.807) is 0 Å². The zero-order chi connectivity index (χ0) is 14.5. The maximum absolute atomic E-state index is 4.67. The molecule has 0 saturated heterocycles. The van der Waals surface area contributed by atoms with Gasteiger partial charge in [0.2, 0.25) is 0 Å². The SMILES string of the molecule is CCC(CC)n1ccc(CNc2cc(C)ccc2C)n1. The largest absolute Gasteiger partial charge is 0.379 e. The van der Waals surface area contributed by atoms with E-state index in [0.717, 1.165) is 25.1 Å². The van der Waals surface area contributed by atoms with Crippen molar-refractivity contribution in [3.63, 3.8) is 0 Å². The second-order valence-electron chi connectivity index (χ2n) is 5.43. The Bertz CT molecular complexity index is 553. The third kappa shape index (κ3) is 3.41. The van der Waals surface area contributed by atoms with Crippen molar-refractivity contribution in [2.75, 3.05) is 5.32 Å². The summed E-state index contributed by atoms with van der Waals surface area (Å²) in [5.74, 6) is 0. The lowest BCUT2D eigenvalue weighted by molar-refractivity contribution is 0.426. The van der Waals surface area contributed by atoms with E-state index < -0.39 is 0 Å². The van der Waals surface area contributed by atoms with E-state index in [4.69, 9.17) is 0 Å². The minimum Gasteiger partial charge on any atom is -0.379 e. The molecule has 3 nitrogen and oxygen atoms in total. The molecule has 0 amide bonds. The number of rotatable bonds is 6. The van der Waals surface area contributed by atoms with Crippen LogP contribution in [-0.4, -0.2) is 9.78 Å². The molecule has 1 N–H and O–H groups in total. The fraction of sp³-hybridized carbons (Fsp3) is 0.471. The van der Waals surface area contributed by atoms with Crippen molar-refractivity contribution in [3.8, 4) is 0 Å². The molecule has 3 heteroatoms. The smallest absolute Gasteiger partial charge is 0.0815 e. The van der Waals surface area contributed by atoms with Gasteiger partial charge in [-0.2, -0.15) is 5.10 Å². The highest BCUT2D eigenvalue weighted by molar-refractivity contribution is 5.52. The molecule has 108 valence electrons. The highest BCUT2D eigenvalue weighted by Crippen LogP contribution is 2.18. The first-order valence-electron chi connectivity index (χ1n) is 7.49. The van der Waals surface area contributed by atoms with Gasteiger partial charge in [-0.25, -0.2) is 0 Å². The quantitative estimate of drug-likeness (QED) is 0.840. The minimum absolute atomic E-state index is 0.518. The maximum Gasteiger partial charge on any atom is 0.0815 e. The van der Waals surface area contributed by atoms with E-state index in [-0.39, 0.29) is 0 Å². The Morgan fingerprint density at radius 2 is 1.90 bits per heavy atom. The number of aryl methyl sites for hydroxylation is 2. The fourth-order valence-corrected chi connectivity index (χ4v) is 2.45. The van der Waals surface area contributed by atoms with E-state index in [1.807, 2.05) is 0 Å². The predicted molar refractivity (Wildman–Crippen MR) is 85.1 cm³/mol. The van der Waals surface area contributed by atoms with Crippen molar-refractivity contribution < 1.29 is 0 Å². The zero-order valence-electron chi connectivity index (χ0n) is 13.0. The van der Waals surface area contributed by atoms with E-state index in [0.29, 0.717) is 6.04 Å². The van der Waals surface area contributed by atoms with Gasteiger partial charge >= 0.3 is 0 Å². The molecule has 1 aromatic carbocycles. The molecule has 0 aliphatic heterocycles. The molecular weight excluding hydrogens is 246 g/mol. The number of nitrogens with one attached hydrogen (secondary N) is 1. The summed E-state index contributed by atoms with van der Waals surface area (Å²) < 4.78 is 2.10. The van der Waals surface area contributed by atoms with Crippen molar-refractivity contribution in [3.05, 3.63) is 47.3 Å². The molecule has 1 heterocycles. The molecule has 0 radical (unpaired) electrons. The molecule has 2 aromatic rings. The van der Waals surface area contributed by atoms with Crippen LogP contribution in [0.2, 0.25) is 0 Å². The van der Waals surface area contributed by atoms with E-state index in [1.165, 1.54) is 16.8 Å². The van der Waals surface area contributed by atoms with Gasteiger partial charge in [0.25, 0.3) is 0 Å². The number of benzene rings is 1. The summed E-state index contributed by atoms with van der Waals surface area (Å²) in [4.78, 5) is 0. The van der Waals surface area contributed by atoms with Crippen molar-refractivity contribution in [2.45, 2.75) is 53.1 Å². The Morgan fingerprint density at radius 3 is 2.60 bits per heavy atom. The molecule has 0 aliphatic rings. The lowest BCUT2D eigenvalue weighted by atomic mass is 10.1. The molecule has 0 bridgehead atoms. The van der Waals surface area contributed by atoms with E-state index in [9.17, 15) is 0 Å².